The van der Waals surface area contributed by atoms with Crippen molar-refractivity contribution < 1.29 is 22.7 Å². The molecule has 0 radical (unpaired) electrons. The molecule has 1 aliphatic rings. The van der Waals surface area contributed by atoms with Crippen molar-refractivity contribution in [3.8, 4) is 0 Å². The van der Waals surface area contributed by atoms with Crippen LogP contribution in [0.4, 0.5) is 0 Å². The van der Waals surface area contributed by atoms with E-state index in [0.717, 1.165) is 5.52 Å². The van der Waals surface area contributed by atoms with Crippen molar-refractivity contribution in [1.82, 2.24) is 14.9 Å². The predicted octanol–water partition coefficient (Wildman–Crippen LogP) is 1.22. The summed E-state index contributed by atoms with van der Waals surface area (Å²) in [6.45, 7) is 1.69. The van der Waals surface area contributed by atoms with Gasteiger partial charge in [-0.05, 0) is 31.6 Å². The van der Waals surface area contributed by atoms with Gasteiger partial charge in [0.25, 0.3) is 5.91 Å². The Morgan fingerprint density at radius 2 is 2.04 bits per heavy atom. The van der Waals surface area contributed by atoms with Crippen LogP contribution in [0, 0.1) is 0 Å². The summed E-state index contributed by atoms with van der Waals surface area (Å²) in [4.78, 5) is 34.3. The molecule has 0 unspecified atom stereocenters. The zero-order chi connectivity index (χ0) is 20.1. The highest BCUT2D eigenvalue weighted by atomic mass is 32.2. The number of benzene rings is 1. The number of ether oxygens (including phenoxy) is 1. The molecule has 0 bridgehead atoms. The van der Waals surface area contributed by atoms with Gasteiger partial charge in [-0.3, -0.25) is 9.78 Å². The molecule has 1 aromatic carbocycles. The lowest BCUT2D eigenvalue weighted by Gasteiger charge is -2.26. The monoisotopic (exact) mass is 403 g/mol. The highest BCUT2D eigenvalue weighted by Gasteiger charge is 2.34. The Morgan fingerprint density at radius 1 is 1.29 bits per heavy atom. The van der Waals surface area contributed by atoms with Crippen LogP contribution in [0.15, 0.2) is 36.5 Å². The third-order valence-corrected chi connectivity index (χ3v) is 6.26. The maximum atomic E-state index is 12.3. The van der Waals surface area contributed by atoms with Crippen LogP contribution in [0.25, 0.3) is 17.1 Å². The smallest absolute Gasteiger partial charge is 0.331 e. The zero-order valence-electron chi connectivity index (χ0n) is 15.4. The number of hydrogen-bond donors (Lipinski definition) is 0. The first-order chi connectivity index (χ1) is 13.4. The number of esters is 1. The third-order valence-electron chi connectivity index (χ3n) is 4.51. The van der Waals surface area contributed by atoms with Crippen LogP contribution in [-0.4, -0.2) is 65.9 Å². The van der Waals surface area contributed by atoms with E-state index >= 15 is 0 Å². The Kier molecular flexibility index (Phi) is 6.03. The number of fused-ring (bicyclic) bond motifs is 1. The van der Waals surface area contributed by atoms with E-state index in [9.17, 15) is 18.0 Å². The average molecular weight is 403 g/mol. The van der Waals surface area contributed by atoms with Crippen LogP contribution in [-0.2, 0) is 24.2 Å². The van der Waals surface area contributed by atoms with Gasteiger partial charge in [0.05, 0.1) is 34.4 Å². The summed E-state index contributed by atoms with van der Waals surface area (Å²) in [7, 11) is -3.10. The van der Waals surface area contributed by atoms with Gasteiger partial charge in [0.2, 0.25) is 0 Å². The van der Waals surface area contributed by atoms with E-state index in [1.807, 2.05) is 24.3 Å². The third kappa shape index (κ3) is 4.92. The Balaban J connectivity index is 1.55. The summed E-state index contributed by atoms with van der Waals surface area (Å²) in [6.07, 6.45) is 4.60. The largest absolute Gasteiger partial charge is 0.452 e. The van der Waals surface area contributed by atoms with Gasteiger partial charge in [-0.25, -0.2) is 18.2 Å². The molecule has 1 saturated heterocycles. The first-order valence-electron chi connectivity index (χ1n) is 8.94. The number of aromatic nitrogens is 2. The molecule has 0 saturated carbocycles. The van der Waals surface area contributed by atoms with E-state index in [-0.39, 0.29) is 17.5 Å². The highest BCUT2D eigenvalue weighted by Crippen LogP contribution is 2.18. The SMILES string of the molecule is CCN(C(=O)COC(=O)/C=C/c1cnc2ccccc2n1)[C@H]1CCS(=O)(=O)C1. The van der Waals surface area contributed by atoms with E-state index in [0.29, 0.717) is 24.2 Å². The van der Waals surface area contributed by atoms with E-state index in [2.05, 4.69) is 9.97 Å². The first-order valence-corrected chi connectivity index (χ1v) is 10.8. The molecule has 3 rings (SSSR count). The van der Waals surface area contributed by atoms with Gasteiger partial charge in [-0.15, -0.1) is 0 Å². The van der Waals surface area contributed by atoms with Crippen LogP contribution in [0.2, 0.25) is 0 Å². The normalized spacial score (nSPS) is 18.4. The van der Waals surface area contributed by atoms with Crippen molar-refractivity contribution in [3.05, 3.63) is 42.2 Å². The molecule has 148 valence electrons. The van der Waals surface area contributed by atoms with Crippen LogP contribution >= 0.6 is 0 Å². The number of sulfone groups is 1. The number of para-hydroxylation sites is 2. The van der Waals surface area contributed by atoms with E-state index in [4.69, 9.17) is 4.74 Å². The van der Waals surface area contributed by atoms with Gasteiger partial charge >= 0.3 is 5.97 Å². The summed E-state index contributed by atoms with van der Waals surface area (Å²) < 4.78 is 28.2. The van der Waals surface area contributed by atoms with Crippen molar-refractivity contribution in [3.63, 3.8) is 0 Å². The molecule has 1 aliphatic heterocycles. The molecule has 0 aliphatic carbocycles. The van der Waals surface area contributed by atoms with Crippen molar-refractivity contribution in [2.24, 2.45) is 0 Å². The summed E-state index contributed by atoms with van der Waals surface area (Å²) >= 11 is 0. The van der Waals surface area contributed by atoms with Gasteiger partial charge < -0.3 is 9.64 Å². The summed E-state index contributed by atoms with van der Waals surface area (Å²) in [5.41, 5.74) is 1.95. The number of carbonyl (C=O) groups excluding carboxylic acids is 2. The molecule has 28 heavy (non-hydrogen) atoms. The molecule has 1 fully saturated rings. The van der Waals surface area contributed by atoms with Crippen molar-refractivity contribution in [2.75, 3.05) is 24.7 Å². The summed E-state index contributed by atoms with van der Waals surface area (Å²) in [5, 5.41) is 0. The lowest BCUT2D eigenvalue weighted by Crippen LogP contribution is -2.43. The maximum absolute atomic E-state index is 12.3. The minimum atomic E-state index is -3.10. The second-order valence-electron chi connectivity index (χ2n) is 6.46. The average Bonchev–Trinajstić information content (AvgIpc) is 3.04. The molecule has 8 nitrogen and oxygen atoms in total. The van der Waals surface area contributed by atoms with Gasteiger partial charge in [-0.2, -0.15) is 0 Å². The van der Waals surface area contributed by atoms with Crippen molar-refractivity contribution >= 4 is 38.8 Å². The first kappa shape index (κ1) is 19.9. The van der Waals surface area contributed by atoms with Gasteiger partial charge in [-0.1, -0.05) is 12.1 Å². The van der Waals surface area contributed by atoms with Crippen molar-refractivity contribution in [2.45, 2.75) is 19.4 Å². The topological polar surface area (TPSA) is 107 Å². The number of amides is 1. The second-order valence-corrected chi connectivity index (χ2v) is 8.69. The fourth-order valence-corrected chi connectivity index (χ4v) is 4.86. The number of rotatable bonds is 6. The number of likely N-dealkylation sites (N-methyl/N-ethyl adjacent to an activating group) is 1. The fraction of sp³-hybridized carbons (Fsp3) is 0.368. The molecule has 1 atom stereocenters. The summed E-state index contributed by atoms with van der Waals surface area (Å²) in [6, 6.07) is 7.01. The van der Waals surface area contributed by atoms with E-state index < -0.39 is 28.3 Å². The standard InChI is InChI=1S/C19H21N3O5S/c1-2-22(15-9-10-28(25,26)13-15)18(23)12-27-19(24)8-7-14-11-20-16-5-3-4-6-17(16)21-14/h3-8,11,15H,2,9-10,12-13H2,1H3/b8-7+/t15-/m0/s1. The zero-order valence-corrected chi connectivity index (χ0v) is 16.3. The van der Waals surface area contributed by atoms with Gasteiger partial charge in [0.1, 0.15) is 0 Å². The molecule has 9 heteroatoms. The number of carbonyl (C=O) groups is 2. The van der Waals surface area contributed by atoms with Crippen LogP contribution in [0.5, 0.6) is 0 Å². The Morgan fingerprint density at radius 3 is 2.71 bits per heavy atom. The lowest BCUT2D eigenvalue weighted by atomic mass is 10.2. The Bertz CT molecular complexity index is 1020. The second kappa shape index (κ2) is 8.47. The van der Waals surface area contributed by atoms with Crippen molar-refractivity contribution in [1.29, 1.82) is 0 Å². The van der Waals surface area contributed by atoms with Crippen LogP contribution in [0.1, 0.15) is 19.0 Å². The lowest BCUT2D eigenvalue weighted by molar-refractivity contribution is -0.149. The van der Waals surface area contributed by atoms with Gasteiger partial charge in [0.15, 0.2) is 16.4 Å². The number of hydrogen-bond acceptors (Lipinski definition) is 7. The molecule has 0 spiro atoms. The maximum Gasteiger partial charge on any atom is 0.331 e. The minimum Gasteiger partial charge on any atom is -0.452 e. The molecule has 1 amide bonds. The van der Waals surface area contributed by atoms with Crippen LogP contribution in [0.3, 0.4) is 0 Å². The molecule has 1 aromatic heterocycles. The van der Waals surface area contributed by atoms with E-state index in [1.165, 1.54) is 23.2 Å². The minimum absolute atomic E-state index is 0.0406. The van der Waals surface area contributed by atoms with E-state index in [1.54, 1.807) is 6.92 Å². The highest BCUT2D eigenvalue weighted by molar-refractivity contribution is 7.91. The summed E-state index contributed by atoms with van der Waals surface area (Å²) in [5.74, 6) is -1.05. The Labute approximate surface area is 163 Å². The quantitative estimate of drug-likeness (QED) is 0.527. The Hall–Kier alpha value is -2.81. The molecule has 2 heterocycles. The van der Waals surface area contributed by atoms with Gasteiger partial charge in [0, 0.05) is 18.7 Å². The molecular weight excluding hydrogens is 382 g/mol. The molecule has 0 N–H and O–H groups in total. The predicted molar refractivity (Wildman–Crippen MR) is 104 cm³/mol. The molecular formula is C19H21N3O5S. The van der Waals surface area contributed by atoms with Crippen LogP contribution < -0.4 is 0 Å². The molecule has 2 aromatic rings. The number of nitrogens with zero attached hydrogens (tertiary/aromatic N) is 3. The fourth-order valence-electron chi connectivity index (χ4n) is 3.13.